The third-order valence-electron chi connectivity index (χ3n) is 3.18. The molecular formula is C15H22N2O4. The molecule has 21 heavy (non-hydrogen) atoms. The number of aromatic nitrogens is 1. The fraction of sp³-hybridized carbons (Fsp3) is 0.533. The Morgan fingerprint density at radius 3 is 2.29 bits per heavy atom. The lowest BCUT2D eigenvalue weighted by Crippen LogP contribution is -2.48. The van der Waals surface area contributed by atoms with Crippen molar-refractivity contribution in [3.05, 3.63) is 33.2 Å². The molecular weight excluding hydrogens is 272 g/mol. The number of nitrogens with zero attached hydrogens (tertiary/aromatic N) is 1. The Kier molecular flexibility index (Phi) is 4.93. The summed E-state index contributed by atoms with van der Waals surface area (Å²) in [6, 6.07) is 1.73. The Labute approximate surface area is 123 Å². The molecule has 0 atom stereocenters. The molecule has 116 valence electrons. The number of aromatic amines is 1. The molecule has 0 unspecified atom stereocenters. The summed E-state index contributed by atoms with van der Waals surface area (Å²) in [6.07, 6.45) is -0.161. The maximum absolute atomic E-state index is 12.7. The van der Waals surface area contributed by atoms with E-state index in [1.165, 1.54) is 4.90 Å². The van der Waals surface area contributed by atoms with E-state index in [1.807, 2.05) is 20.8 Å². The molecule has 1 rings (SSSR count). The highest BCUT2D eigenvalue weighted by atomic mass is 16.4. The number of pyridine rings is 1. The van der Waals surface area contributed by atoms with Gasteiger partial charge in [-0.3, -0.25) is 14.4 Å². The molecule has 0 aliphatic rings. The van der Waals surface area contributed by atoms with Gasteiger partial charge in [-0.15, -0.1) is 0 Å². The molecule has 6 nitrogen and oxygen atoms in total. The van der Waals surface area contributed by atoms with Gasteiger partial charge in [-0.05, 0) is 46.2 Å². The van der Waals surface area contributed by atoms with Crippen LogP contribution in [0.3, 0.4) is 0 Å². The maximum atomic E-state index is 12.7. The minimum atomic E-state index is -0.980. The second-order valence-electron chi connectivity index (χ2n) is 6.11. The van der Waals surface area contributed by atoms with Gasteiger partial charge in [-0.2, -0.15) is 0 Å². The van der Waals surface area contributed by atoms with E-state index in [-0.39, 0.29) is 18.5 Å². The number of carboxylic acid groups (broad SMARTS) is 1. The largest absolute Gasteiger partial charge is 0.481 e. The first kappa shape index (κ1) is 16.9. The molecule has 1 aromatic rings. The van der Waals surface area contributed by atoms with Gasteiger partial charge in [0.2, 0.25) is 0 Å². The van der Waals surface area contributed by atoms with E-state index in [1.54, 1.807) is 19.9 Å². The summed E-state index contributed by atoms with van der Waals surface area (Å²) < 4.78 is 0. The van der Waals surface area contributed by atoms with Crippen molar-refractivity contribution in [1.82, 2.24) is 9.88 Å². The second-order valence-corrected chi connectivity index (χ2v) is 6.11. The van der Waals surface area contributed by atoms with Gasteiger partial charge in [-0.1, -0.05) is 0 Å². The SMILES string of the molecule is Cc1cc(C)c(C(=O)N(CCC(=O)O)C(C)(C)C)c(=O)[nH]1. The fourth-order valence-corrected chi connectivity index (χ4v) is 2.20. The summed E-state index contributed by atoms with van der Waals surface area (Å²) in [5.74, 6) is -1.42. The lowest BCUT2D eigenvalue weighted by molar-refractivity contribution is -0.137. The highest BCUT2D eigenvalue weighted by Gasteiger charge is 2.30. The van der Waals surface area contributed by atoms with Crippen LogP contribution >= 0.6 is 0 Å². The molecule has 0 saturated heterocycles. The van der Waals surface area contributed by atoms with Gasteiger partial charge < -0.3 is 15.0 Å². The molecule has 2 N–H and O–H groups in total. The summed E-state index contributed by atoms with van der Waals surface area (Å²) in [6.45, 7) is 8.94. The van der Waals surface area contributed by atoms with Crippen molar-refractivity contribution in [3.8, 4) is 0 Å². The molecule has 0 radical (unpaired) electrons. The van der Waals surface area contributed by atoms with Gasteiger partial charge >= 0.3 is 5.97 Å². The van der Waals surface area contributed by atoms with Crippen molar-refractivity contribution in [2.75, 3.05) is 6.54 Å². The Bertz CT molecular complexity index is 611. The van der Waals surface area contributed by atoms with E-state index in [9.17, 15) is 14.4 Å². The van der Waals surface area contributed by atoms with Crippen LogP contribution in [0.5, 0.6) is 0 Å². The number of hydrogen-bond acceptors (Lipinski definition) is 3. The average Bonchev–Trinajstić information content (AvgIpc) is 2.24. The van der Waals surface area contributed by atoms with Crippen LogP contribution in [-0.4, -0.2) is 39.0 Å². The van der Waals surface area contributed by atoms with E-state index >= 15 is 0 Å². The standard InChI is InChI=1S/C15H22N2O4/c1-9-8-10(2)16-13(20)12(9)14(21)17(15(3,4)5)7-6-11(18)19/h8H,6-7H2,1-5H3,(H,16,20)(H,18,19). The van der Waals surface area contributed by atoms with E-state index in [4.69, 9.17) is 5.11 Å². The summed E-state index contributed by atoms with van der Waals surface area (Å²) in [5.41, 5.74) is 0.326. The number of rotatable bonds is 4. The molecule has 0 spiro atoms. The van der Waals surface area contributed by atoms with Gasteiger partial charge in [0, 0.05) is 17.8 Å². The smallest absolute Gasteiger partial charge is 0.305 e. The van der Waals surface area contributed by atoms with Crippen LogP contribution in [0.2, 0.25) is 0 Å². The van der Waals surface area contributed by atoms with Gasteiger partial charge in [0.25, 0.3) is 11.5 Å². The Morgan fingerprint density at radius 2 is 1.86 bits per heavy atom. The van der Waals surface area contributed by atoms with Crippen LogP contribution in [0.1, 0.15) is 48.8 Å². The minimum absolute atomic E-state index is 0.0599. The van der Waals surface area contributed by atoms with Crippen LogP contribution in [0, 0.1) is 13.8 Å². The molecule has 6 heteroatoms. The van der Waals surface area contributed by atoms with Crippen LogP contribution in [-0.2, 0) is 4.79 Å². The highest BCUT2D eigenvalue weighted by Crippen LogP contribution is 2.18. The zero-order valence-corrected chi connectivity index (χ0v) is 13.1. The topological polar surface area (TPSA) is 90.5 Å². The number of nitrogens with one attached hydrogen (secondary N) is 1. The molecule has 0 saturated carbocycles. The molecule has 1 heterocycles. The normalized spacial score (nSPS) is 11.3. The van der Waals surface area contributed by atoms with Crippen LogP contribution < -0.4 is 5.56 Å². The third kappa shape index (κ3) is 4.18. The number of aliphatic carboxylic acids is 1. The lowest BCUT2D eigenvalue weighted by atomic mass is 10.0. The predicted octanol–water partition coefficient (Wildman–Crippen LogP) is 1.71. The molecule has 1 aromatic heterocycles. The lowest BCUT2D eigenvalue weighted by Gasteiger charge is -2.35. The molecule has 0 aliphatic carbocycles. The Hall–Kier alpha value is -2.11. The summed E-state index contributed by atoms with van der Waals surface area (Å²) in [5, 5.41) is 8.82. The third-order valence-corrected chi connectivity index (χ3v) is 3.18. The molecule has 0 bridgehead atoms. The summed E-state index contributed by atoms with van der Waals surface area (Å²) >= 11 is 0. The van der Waals surface area contributed by atoms with E-state index in [0.717, 1.165) is 0 Å². The van der Waals surface area contributed by atoms with Gasteiger partial charge in [0.1, 0.15) is 5.56 Å². The first-order valence-corrected chi connectivity index (χ1v) is 6.78. The number of carbonyl (C=O) groups excluding carboxylic acids is 1. The van der Waals surface area contributed by atoms with Crippen LogP contribution in [0.4, 0.5) is 0 Å². The number of amides is 1. The number of carboxylic acids is 1. The maximum Gasteiger partial charge on any atom is 0.305 e. The average molecular weight is 294 g/mol. The Morgan fingerprint density at radius 1 is 1.29 bits per heavy atom. The fourth-order valence-electron chi connectivity index (χ4n) is 2.20. The second kappa shape index (κ2) is 6.11. The van der Waals surface area contributed by atoms with Crippen molar-refractivity contribution in [3.63, 3.8) is 0 Å². The predicted molar refractivity (Wildman–Crippen MR) is 79.6 cm³/mol. The Balaban J connectivity index is 3.24. The number of aryl methyl sites for hydroxylation is 2. The van der Waals surface area contributed by atoms with E-state index in [0.29, 0.717) is 11.3 Å². The molecule has 1 amide bonds. The van der Waals surface area contributed by atoms with Crippen molar-refractivity contribution >= 4 is 11.9 Å². The highest BCUT2D eigenvalue weighted by molar-refractivity contribution is 5.95. The van der Waals surface area contributed by atoms with Gasteiger partial charge in [0.05, 0.1) is 6.42 Å². The van der Waals surface area contributed by atoms with E-state index < -0.39 is 23.0 Å². The molecule has 0 aromatic carbocycles. The number of carbonyl (C=O) groups is 2. The van der Waals surface area contributed by atoms with Crippen molar-refractivity contribution < 1.29 is 14.7 Å². The number of hydrogen-bond donors (Lipinski definition) is 2. The molecule has 0 fully saturated rings. The van der Waals surface area contributed by atoms with Gasteiger partial charge in [-0.25, -0.2) is 0 Å². The van der Waals surface area contributed by atoms with Crippen molar-refractivity contribution in [2.45, 2.75) is 46.6 Å². The van der Waals surface area contributed by atoms with Gasteiger partial charge in [0.15, 0.2) is 0 Å². The van der Waals surface area contributed by atoms with Crippen molar-refractivity contribution in [1.29, 1.82) is 0 Å². The summed E-state index contributed by atoms with van der Waals surface area (Å²) in [4.78, 5) is 39.5. The first-order chi connectivity index (χ1) is 9.54. The van der Waals surface area contributed by atoms with Crippen LogP contribution in [0.25, 0.3) is 0 Å². The zero-order valence-electron chi connectivity index (χ0n) is 13.1. The van der Waals surface area contributed by atoms with E-state index in [2.05, 4.69) is 4.98 Å². The van der Waals surface area contributed by atoms with Crippen LogP contribution in [0.15, 0.2) is 10.9 Å². The quantitative estimate of drug-likeness (QED) is 0.884. The monoisotopic (exact) mass is 294 g/mol. The zero-order chi connectivity index (χ0) is 16.4. The minimum Gasteiger partial charge on any atom is -0.481 e. The molecule has 0 aliphatic heterocycles. The van der Waals surface area contributed by atoms with Crippen molar-refractivity contribution in [2.24, 2.45) is 0 Å². The first-order valence-electron chi connectivity index (χ1n) is 6.78. The number of H-pyrrole nitrogens is 1. The summed E-state index contributed by atoms with van der Waals surface area (Å²) in [7, 11) is 0.